The van der Waals surface area contributed by atoms with Gasteiger partial charge in [0, 0.05) is 5.56 Å². The van der Waals surface area contributed by atoms with E-state index in [1.165, 1.54) is 0 Å². The molecule has 0 saturated carbocycles. The zero-order valence-corrected chi connectivity index (χ0v) is 7.03. The Labute approximate surface area is 76.0 Å². The standard InChI is InChI=1S/C11H9NO/c12-11(13)10-6-5-8-3-1-2-4-9(8)7-10/h1-7H,(H2,12,13). The lowest BCUT2D eigenvalue weighted by Crippen LogP contribution is -2.10. The third kappa shape index (κ3) is 1.38. The average Bonchev–Trinajstić information content (AvgIpc) is 2.17. The highest BCUT2D eigenvalue weighted by Gasteiger charge is 1.99. The lowest BCUT2D eigenvalue weighted by Gasteiger charge is -1.98. The second-order valence-electron chi connectivity index (χ2n) is 2.93. The summed E-state index contributed by atoms with van der Waals surface area (Å²) in [6.45, 7) is 0. The molecule has 2 heteroatoms. The summed E-state index contributed by atoms with van der Waals surface area (Å²) < 4.78 is 0. The molecule has 0 atom stereocenters. The van der Waals surface area contributed by atoms with Crippen LogP contribution in [0, 0.1) is 0 Å². The predicted octanol–water partition coefficient (Wildman–Crippen LogP) is 1.94. The molecule has 2 aromatic rings. The van der Waals surface area contributed by atoms with Crippen LogP contribution in [0.5, 0.6) is 0 Å². The highest BCUT2D eigenvalue weighted by Crippen LogP contribution is 2.14. The Morgan fingerprint density at radius 3 is 2.38 bits per heavy atom. The Balaban J connectivity index is 2.69. The maximum absolute atomic E-state index is 10.9. The minimum absolute atomic E-state index is 0.384. The maximum Gasteiger partial charge on any atom is 0.248 e. The molecule has 0 aliphatic rings. The third-order valence-electron chi connectivity index (χ3n) is 2.03. The van der Waals surface area contributed by atoms with E-state index in [2.05, 4.69) is 0 Å². The molecule has 0 saturated heterocycles. The Morgan fingerprint density at radius 2 is 1.69 bits per heavy atom. The van der Waals surface area contributed by atoms with Crippen molar-refractivity contribution in [2.24, 2.45) is 5.73 Å². The molecule has 2 aromatic carbocycles. The van der Waals surface area contributed by atoms with Crippen molar-refractivity contribution in [1.82, 2.24) is 0 Å². The van der Waals surface area contributed by atoms with Gasteiger partial charge in [-0.3, -0.25) is 4.79 Å². The fraction of sp³-hybridized carbons (Fsp3) is 0. The Kier molecular flexibility index (Phi) is 1.74. The number of carbonyl (C=O) groups is 1. The zero-order valence-electron chi connectivity index (χ0n) is 7.03. The molecule has 0 fully saturated rings. The molecule has 0 aliphatic carbocycles. The Bertz CT molecular complexity index is 462. The number of nitrogens with two attached hydrogens (primary N) is 1. The van der Waals surface area contributed by atoms with Gasteiger partial charge in [-0.2, -0.15) is 0 Å². The molecular weight excluding hydrogens is 162 g/mol. The molecular formula is C11H9NO. The molecule has 2 N–H and O–H groups in total. The van der Waals surface area contributed by atoms with Crippen LogP contribution in [0.25, 0.3) is 10.8 Å². The number of hydrogen-bond acceptors (Lipinski definition) is 1. The van der Waals surface area contributed by atoms with E-state index in [-0.39, 0.29) is 5.91 Å². The van der Waals surface area contributed by atoms with Gasteiger partial charge in [0.1, 0.15) is 0 Å². The smallest absolute Gasteiger partial charge is 0.248 e. The molecule has 2 rings (SSSR count). The van der Waals surface area contributed by atoms with Crippen LogP contribution in [0.2, 0.25) is 0 Å². The summed E-state index contributed by atoms with van der Waals surface area (Å²) in [5.74, 6) is -0.384. The number of rotatable bonds is 1. The van der Waals surface area contributed by atoms with Crippen molar-refractivity contribution in [2.45, 2.75) is 0 Å². The van der Waals surface area contributed by atoms with Gasteiger partial charge < -0.3 is 5.73 Å². The summed E-state index contributed by atoms with van der Waals surface area (Å²) >= 11 is 0. The monoisotopic (exact) mass is 171 g/mol. The Morgan fingerprint density at radius 1 is 1.00 bits per heavy atom. The van der Waals surface area contributed by atoms with Gasteiger partial charge in [-0.15, -0.1) is 0 Å². The summed E-state index contributed by atoms with van der Waals surface area (Å²) in [6, 6.07) is 13.3. The maximum atomic E-state index is 10.9. The minimum atomic E-state index is -0.384. The van der Waals surface area contributed by atoms with Crippen LogP contribution in [-0.4, -0.2) is 5.91 Å². The zero-order chi connectivity index (χ0) is 9.26. The summed E-state index contributed by atoms with van der Waals surface area (Å²) in [7, 11) is 0. The van der Waals surface area contributed by atoms with Crippen molar-refractivity contribution in [3.63, 3.8) is 0 Å². The first-order valence-electron chi connectivity index (χ1n) is 4.06. The largest absolute Gasteiger partial charge is 0.366 e. The quantitative estimate of drug-likeness (QED) is 0.700. The van der Waals surface area contributed by atoms with Crippen LogP contribution in [0.1, 0.15) is 10.4 Å². The normalized spacial score (nSPS) is 10.2. The van der Waals surface area contributed by atoms with Crippen molar-refractivity contribution in [1.29, 1.82) is 0 Å². The highest BCUT2D eigenvalue weighted by molar-refractivity contribution is 5.97. The van der Waals surface area contributed by atoms with E-state index in [1.54, 1.807) is 12.1 Å². The van der Waals surface area contributed by atoms with Crippen LogP contribution in [-0.2, 0) is 0 Å². The minimum Gasteiger partial charge on any atom is -0.366 e. The molecule has 1 amide bonds. The van der Waals surface area contributed by atoms with E-state index in [4.69, 9.17) is 5.73 Å². The van der Waals surface area contributed by atoms with Crippen LogP contribution < -0.4 is 5.73 Å². The Hall–Kier alpha value is -1.83. The number of benzene rings is 2. The van der Waals surface area contributed by atoms with Crippen LogP contribution >= 0.6 is 0 Å². The van der Waals surface area contributed by atoms with Gasteiger partial charge in [0.05, 0.1) is 0 Å². The fourth-order valence-corrected chi connectivity index (χ4v) is 1.34. The average molecular weight is 171 g/mol. The van der Waals surface area contributed by atoms with E-state index >= 15 is 0 Å². The first kappa shape index (κ1) is 7.80. The van der Waals surface area contributed by atoms with Crippen LogP contribution in [0.4, 0.5) is 0 Å². The third-order valence-corrected chi connectivity index (χ3v) is 2.03. The number of amides is 1. The van der Waals surface area contributed by atoms with Gasteiger partial charge in [-0.25, -0.2) is 0 Å². The van der Waals surface area contributed by atoms with Crippen molar-refractivity contribution < 1.29 is 4.79 Å². The van der Waals surface area contributed by atoms with Gasteiger partial charge in [0.2, 0.25) is 5.91 Å². The molecule has 0 heterocycles. The SMILES string of the molecule is NC(=O)c1ccc2ccccc2c1. The van der Waals surface area contributed by atoms with Crippen molar-refractivity contribution in [3.8, 4) is 0 Å². The van der Waals surface area contributed by atoms with E-state index in [0.717, 1.165) is 10.8 Å². The van der Waals surface area contributed by atoms with E-state index in [0.29, 0.717) is 5.56 Å². The number of primary amides is 1. The van der Waals surface area contributed by atoms with Crippen molar-refractivity contribution in [3.05, 3.63) is 48.0 Å². The number of fused-ring (bicyclic) bond motifs is 1. The van der Waals surface area contributed by atoms with Gasteiger partial charge in [0.15, 0.2) is 0 Å². The fourth-order valence-electron chi connectivity index (χ4n) is 1.34. The number of hydrogen-bond donors (Lipinski definition) is 1. The highest BCUT2D eigenvalue weighted by atomic mass is 16.1. The van der Waals surface area contributed by atoms with Crippen LogP contribution in [0.15, 0.2) is 42.5 Å². The van der Waals surface area contributed by atoms with E-state index in [9.17, 15) is 4.79 Å². The first-order valence-corrected chi connectivity index (χ1v) is 4.06. The van der Waals surface area contributed by atoms with Gasteiger partial charge in [-0.05, 0) is 22.9 Å². The van der Waals surface area contributed by atoms with Gasteiger partial charge >= 0.3 is 0 Å². The molecule has 2 nitrogen and oxygen atoms in total. The molecule has 64 valence electrons. The topological polar surface area (TPSA) is 43.1 Å². The predicted molar refractivity (Wildman–Crippen MR) is 52.5 cm³/mol. The van der Waals surface area contributed by atoms with Gasteiger partial charge in [0.25, 0.3) is 0 Å². The molecule has 13 heavy (non-hydrogen) atoms. The second kappa shape index (κ2) is 2.90. The van der Waals surface area contributed by atoms with Crippen molar-refractivity contribution in [2.75, 3.05) is 0 Å². The summed E-state index contributed by atoms with van der Waals surface area (Å²) in [6.07, 6.45) is 0. The molecule has 0 bridgehead atoms. The lowest BCUT2D eigenvalue weighted by molar-refractivity contribution is 0.100. The molecule has 0 aliphatic heterocycles. The second-order valence-corrected chi connectivity index (χ2v) is 2.93. The van der Waals surface area contributed by atoms with Crippen molar-refractivity contribution >= 4 is 16.7 Å². The van der Waals surface area contributed by atoms with E-state index in [1.807, 2.05) is 30.3 Å². The number of carbonyl (C=O) groups excluding carboxylic acids is 1. The summed E-state index contributed by atoms with van der Waals surface area (Å²) in [5, 5.41) is 2.16. The van der Waals surface area contributed by atoms with Gasteiger partial charge in [-0.1, -0.05) is 30.3 Å². The van der Waals surface area contributed by atoms with Crippen LogP contribution in [0.3, 0.4) is 0 Å². The lowest BCUT2D eigenvalue weighted by atomic mass is 10.1. The molecule has 0 radical (unpaired) electrons. The van der Waals surface area contributed by atoms with E-state index < -0.39 is 0 Å². The molecule has 0 spiro atoms. The summed E-state index contributed by atoms with van der Waals surface area (Å²) in [5.41, 5.74) is 5.72. The molecule has 0 aromatic heterocycles. The molecule has 0 unspecified atom stereocenters. The first-order chi connectivity index (χ1) is 6.27. The summed E-state index contributed by atoms with van der Waals surface area (Å²) in [4.78, 5) is 10.9.